The summed E-state index contributed by atoms with van der Waals surface area (Å²) in [6.45, 7) is 6.57. The van der Waals surface area contributed by atoms with Crippen LogP contribution in [0.15, 0.2) is 15.4 Å². The van der Waals surface area contributed by atoms with Gasteiger partial charge in [-0.25, -0.2) is 13.2 Å². The summed E-state index contributed by atoms with van der Waals surface area (Å²) in [7, 11) is -3.67. The van der Waals surface area contributed by atoms with Crippen molar-refractivity contribution in [2.45, 2.75) is 32.1 Å². The molecule has 1 aliphatic heterocycles. The predicted molar refractivity (Wildman–Crippen MR) is 72.1 cm³/mol. The van der Waals surface area contributed by atoms with E-state index >= 15 is 0 Å². The van der Waals surface area contributed by atoms with Gasteiger partial charge in [0, 0.05) is 19.2 Å². The second-order valence-corrected chi connectivity index (χ2v) is 7.40. The molecule has 0 saturated carbocycles. The molecule has 0 aliphatic carbocycles. The van der Waals surface area contributed by atoms with Crippen LogP contribution in [-0.2, 0) is 10.0 Å². The quantitative estimate of drug-likeness (QED) is 0.918. The molecule has 112 valence electrons. The molecule has 1 aromatic heterocycles. The smallest absolute Gasteiger partial charge is 0.371 e. The van der Waals surface area contributed by atoms with E-state index in [9.17, 15) is 13.2 Å². The van der Waals surface area contributed by atoms with Crippen molar-refractivity contribution in [3.05, 3.63) is 17.6 Å². The summed E-state index contributed by atoms with van der Waals surface area (Å²) in [6, 6.07) is 1.09. The normalized spacial score (nSPS) is 20.7. The highest BCUT2D eigenvalue weighted by Crippen LogP contribution is 2.30. The maximum Gasteiger partial charge on any atom is 0.371 e. The van der Waals surface area contributed by atoms with E-state index in [0.717, 1.165) is 12.5 Å². The van der Waals surface area contributed by atoms with E-state index in [1.807, 2.05) is 0 Å². The number of hydrogen-bond donors (Lipinski definition) is 1. The molecule has 20 heavy (non-hydrogen) atoms. The molecule has 0 spiro atoms. The Kier molecular flexibility index (Phi) is 3.93. The number of nitrogens with zero attached hydrogens (tertiary/aromatic N) is 1. The van der Waals surface area contributed by atoms with Gasteiger partial charge in [0.1, 0.15) is 10.7 Å². The molecule has 0 radical (unpaired) electrons. The summed E-state index contributed by atoms with van der Waals surface area (Å²) < 4.78 is 31.5. The topological polar surface area (TPSA) is 87.8 Å². The Morgan fingerprint density at radius 3 is 2.60 bits per heavy atom. The molecule has 0 amide bonds. The van der Waals surface area contributed by atoms with Crippen LogP contribution in [0.5, 0.6) is 0 Å². The third kappa shape index (κ3) is 2.60. The van der Waals surface area contributed by atoms with Gasteiger partial charge in [0.15, 0.2) is 0 Å². The molecule has 1 fully saturated rings. The lowest BCUT2D eigenvalue weighted by molar-refractivity contribution is 0.0661. The van der Waals surface area contributed by atoms with Crippen molar-refractivity contribution < 1.29 is 22.7 Å². The van der Waals surface area contributed by atoms with Gasteiger partial charge in [0.25, 0.3) is 0 Å². The fourth-order valence-electron chi connectivity index (χ4n) is 2.48. The Hall–Kier alpha value is -1.34. The van der Waals surface area contributed by atoms with Gasteiger partial charge in [-0.2, -0.15) is 4.31 Å². The largest absolute Gasteiger partial charge is 0.475 e. The molecule has 7 heteroatoms. The van der Waals surface area contributed by atoms with Gasteiger partial charge in [-0.1, -0.05) is 13.8 Å². The molecule has 1 N–H and O–H groups in total. The van der Waals surface area contributed by atoms with E-state index in [2.05, 4.69) is 13.8 Å². The van der Waals surface area contributed by atoms with Crippen LogP contribution < -0.4 is 0 Å². The highest BCUT2D eigenvalue weighted by atomic mass is 32.2. The zero-order valence-corrected chi connectivity index (χ0v) is 12.6. The van der Waals surface area contributed by atoms with Gasteiger partial charge < -0.3 is 9.52 Å². The van der Waals surface area contributed by atoms with Gasteiger partial charge in [-0.15, -0.1) is 0 Å². The van der Waals surface area contributed by atoms with Crippen molar-refractivity contribution in [1.82, 2.24) is 4.31 Å². The molecular weight excluding hydrogens is 282 g/mol. The van der Waals surface area contributed by atoms with Crippen LogP contribution in [0.25, 0.3) is 0 Å². The van der Waals surface area contributed by atoms with Crippen LogP contribution in [0, 0.1) is 18.8 Å². The van der Waals surface area contributed by atoms with E-state index in [4.69, 9.17) is 9.52 Å². The molecule has 1 unspecified atom stereocenters. The fourth-order valence-corrected chi connectivity index (χ4v) is 4.15. The lowest BCUT2D eigenvalue weighted by Gasteiger charge is -2.17. The molecule has 2 rings (SSSR count). The monoisotopic (exact) mass is 301 g/mol. The predicted octanol–water partition coefficient (Wildman–Crippen LogP) is 1.95. The van der Waals surface area contributed by atoms with Crippen molar-refractivity contribution in [3.63, 3.8) is 0 Å². The molecule has 1 saturated heterocycles. The first-order valence-corrected chi connectivity index (χ1v) is 8.01. The summed E-state index contributed by atoms with van der Waals surface area (Å²) in [5.41, 5.74) is 0. The van der Waals surface area contributed by atoms with Crippen molar-refractivity contribution in [3.8, 4) is 0 Å². The van der Waals surface area contributed by atoms with Gasteiger partial charge in [-0.3, -0.25) is 0 Å². The van der Waals surface area contributed by atoms with Crippen LogP contribution in [0.1, 0.15) is 36.6 Å². The second kappa shape index (κ2) is 5.21. The van der Waals surface area contributed by atoms with Crippen molar-refractivity contribution in [2.24, 2.45) is 11.8 Å². The first-order valence-electron chi connectivity index (χ1n) is 6.57. The molecule has 1 aliphatic rings. The minimum absolute atomic E-state index is 0.0423. The van der Waals surface area contributed by atoms with Crippen LogP contribution in [0.2, 0.25) is 0 Å². The zero-order chi connectivity index (χ0) is 15.1. The molecule has 6 nitrogen and oxygen atoms in total. The molecule has 2 heterocycles. The summed E-state index contributed by atoms with van der Waals surface area (Å²) >= 11 is 0. The molecular formula is C13H19NO5S. The lowest BCUT2D eigenvalue weighted by atomic mass is 9.96. The van der Waals surface area contributed by atoms with Gasteiger partial charge >= 0.3 is 5.97 Å². The number of carbonyl (C=O) groups is 1. The number of rotatable bonds is 4. The Balaban J connectivity index is 2.30. The van der Waals surface area contributed by atoms with E-state index < -0.39 is 16.0 Å². The number of sulfonamides is 1. The number of hydrogen-bond acceptors (Lipinski definition) is 4. The van der Waals surface area contributed by atoms with Crippen LogP contribution in [0.4, 0.5) is 0 Å². The highest BCUT2D eigenvalue weighted by molar-refractivity contribution is 7.89. The standard InChI is InChI=1S/C13H19NO5S/c1-8(2)10-4-5-14(7-10)20(17,18)12-6-11(13(15)16)19-9(12)3/h6,8,10H,4-5,7H2,1-3H3,(H,15,16). The Labute approximate surface area is 118 Å². The summed E-state index contributed by atoms with van der Waals surface area (Å²) in [6.07, 6.45) is 0.833. The van der Waals surface area contributed by atoms with Gasteiger partial charge in [0.05, 0.1) is 0 Å². The number of carboxylic acids is 1. The van der Waals surface area contributed by atoms with Gasteiger partial charge in [0.2, 0.25) is 15.8 Å². The van der Waals surface area contributed by atoms with E-state index in [0.29, 0.717) is 24.9 Å². The van der Waals surface area contributed by atoms with E-state index in [1.165, 1.54) is 11.2 Å². The summed E-state index contributed by atoms with van der Waals surface area (Å²) in [5.74, 6) is -0.724. The highest BCUT2D eigenvalue weighted by Gasteiger charge is 2.36. The lowest BCUT2D eigenvalue weighted by Crippen LogP contribution is -2.29. The van der Waals surface area contributed by atoms with Crippen molar-refractivity contribution in [2.75, 3.05) is 13.1 Å². The third-order valence-electron chi connectivity index (χ3n) is 3.83. The molecule has 1 aromatic rings. The van der Waals surface area contributed by atoms with Crippen molar-refractivity contribution in [1.29, 1.82) is 0 Å². The van der Waals surface area contributed by atoms with Crippen LogP contribution in [0.3, 0.4) is 0 Å². The van der Waals surface area contributed by atoms with E-state index in [1.54, 1.807) is 0 Å². The fraction of sp³-hybridized carbons (Fsp3) is 0.615. The van der Waals surface area contributed by atoms with Crippen molar-refractivity contribution >= 4 is 16.0 Å². The SMILES string of the molecule is Cc1oc(C(=O)O)cc1S(=O)(=O)N1CCC(C(C)C)C1. The number of furan rings is 1. The maximum atomic E-state index is 12.5. The van der Waals surface area contributed by atoms with Gasteiger partial charge in [-0.05, 0) is 25.2 Å². The minimum Gasteiger partial charge on any atom is -0.475 e. The minimum atomic E-state index is -3.67. The Morgan fingerprint density at radius 2 is 2.15 bits per heavy atom. The van der Waals surface area contributed by atoms with Crippen LogP contribution in [-0.4, -0.2) is 36.9 Å². The first kappa shape index (κ1) is 15.1. The number of aromatic carboxylic acids is 1. The average molecular weight is 301 g/mol. The zero-order valence-electron chi connectivity index (χ0n) is 11.8. The first-order chi connectivity index (χ1) is 9.23. The number of aryl methyl sites for hydroxylation is 1. The number of carboxylic acid groups (broad SMARTS) is 1. The molecule has 0 bridgehead atoms. The summed E-state index contributed by atoms with van der Waals surface area (Å²) in [5, 5.41) is 8.87. The van der Waals surface area contributed by atoms with E-state index in [-0.39, 0.29) is 16.4 Å². The third-order valence-corrected chi connectivity index (χ3v) is 5.80. The Morgan fingerprint density at radius 1 is 1.50 bits per heavy atom. The van der Waals surface area contributed by atoms with Crippen LogP contribution >= 0.6 is 0 Å². The molecule has 0 aromatic carbocycles. The average Bonchev–Trinajstić information content (AvgIpc) is 2.94. The second-order valence-electron chi connectivity index (χ2n) is 5.49. The maximum absolute atomic E-state index is 12.5. The molecule has 1 atom stereocenters. The Bertz CT molecular complexity index is 617. The summed E-state index contributed by atoms with van der Waals surface area (Å²) in [4.78, 5) is 10.8.